The first-order valence-electron chi connectivity index (χ1n) is 3.89. The average molecular weight is 222 g/mol. The highest BCUT2D eigenvalue weighted by molar-refractivity contribution is 8.04. The summed E-state index contributed by atoms with van der Waals surface area (Å²) in [5.41, 5.74) is 0. The second-order valence-corrected chi connectivity index (χ2v) is 4.08. The SMILES string of the molecule is O=C1N=NC(S)=C1Sc1ccccc1. The van der Waals surface area contributed by atoms with Crippen molar-refractivity contribution in [3.63, 3.8) is 0 Å². The lowest BCUT2D eigenvalue weighted by Gasteiger charge is -1.98. The van der Waals surface area contributed by atoms with Gasteiger partial charge in [0.1, 0.15) is 9.93 Å². The summed E-state index contributed by atoms with van der Waals surface area (Å²) >= 11 is 5.39. The van der Waals surface area contributed by atoms with Gasteiger partial charge in [-0.3, -0.25) is 4.79 Å². The topological polar surface area (TPSA) is 41.8 Å². The molecule has 5 heteroatoms. The minimum absolute atomic E-state index is 0.316. The van der Waals surface area contributed by atoms with Crippen LogP contribution in [-0.4, -0.2) is 5.91 Å². The number of nitrogens with zero attached hydrogens (tertiary/aromatic N) is 2. The average Bonchev–Trinajstić information content (AvgIpc) is 2.51. The number of amides is 1. The molecule has 1 aliphatic rings. The zero-order valence-corrected chi connectivity index (χ0v) is 8.76. The number of rotatable bonds is 2. The van der Waals surface area contributed by atoms with Gasteiger partial charge in [-0.05, 0) is 12.1 Å². The van der Waals surface area contributed by atoms with Crippen LogP contribution in [0.4, 0.5) is 0 Å². The van der Waals surface area contributed by atoms with Gasteiger partial charge in [0.15, 0.2) is 0 Å². The number of azo groups is 1. The van der Waals surface area contributed by atoms with E-state index in [0.29, 0.717) is 9.93 Å². The van der Waals surface area contributed by atoms with E-state index in [4.69, 9.17) is 0 Å². The van der Waals surface area contributed by atoms with Gasteiger partial charge in [0.05, 0.1) is 0 Å². The smallest absolute Gasteiger partial charge is 0.264 e. The van der Waals surface area contributed by atoms with Crippen LogP contribution in [0.3, 0.4) is 0 Å². The van der Waals surface area contributed by atoms with E-state index >= 15 is 0 Å². The Bertz CT molecular complexity index is 426. The first-order chi connectivity index (χ1) is 6.77. The van der Waals surface area contributed by atoms with Crippen LogP contribution in [0.5, 0.6) is 0 Å². The molecule has 2 rings (SSSR count). The lowest BCUT2D eigenvalue weighted by atomic mass is 10.4. The lowest BCUT2D eigenvalue weighted by Crippen LogP contribution is -1.90. The molecule has 14 heavy (non-hydrogen) atoms. The molecule has 70 valence electrons. The molecule has 0 radical (unpaired) electrons. The van der Waals surface area contributed by atoms with Gasteiger partial charge in [-0.25, -0.2) is 0 Å². The van der Waals surface area contributed by atoms with Crippen molar-refractivity contribution in [1.82, 2.24) is 0 Å². The molecule has 1 aliphatic heterocycles. The maximum Gasteiger partial charge on any atom is 0.305 e. The minimum atomic E-state index is -0.316. The molecule has 1 heterocycles. The third-order valence-corrected chi connectivity index (χ3v) is 3.14. The van der Waals surface area contributed by atoms with Crippen LogP contribution in [0.25, 0.3) is 0 Å². The van der Waals surface area contributed by atoms with Gasteiger partial charge < -0.3 is 0 Å². The number of hydrogen-bond donors (Lipinski definition) is 1. The van der Waals surface area contributed by atoms with Crippen molar-refractivity contribution in [3.05, 3.63) is 40.3 Å². The molecule has 0 N–H and O–H groups in total. The van der Waals surface area contributed by atoms with E-state index in [1.807, 2.05) is 30.3 Å². The highest BCUT2D eigenvalue weighted by atomic mass is 32.2. The molecule has 0 aromatic heterocycles. The van der Waals surface area contributed by atoms with Crippen molar-refractivity contribution in [2.45, 2.75) is 4.90 Å². The zero-order chi connectivity index (χ0) is 9.97. The van der Waals surface area contributed by atoms with E-state index in [1.165, 1.54) is 11.8 Å². The van der Waals surface area contributed by atoms with E-state index in [2.05, 4.69) is 22.9 Å². The molecule has 1 aromatic carbocycles. The number of carbonyl (C=O) groups is 1. The molecule has 0 unspecified atom stereocenters. The first kappa shape index (κ1) is 9.48. The van der Waals surface area contributed by atoms with E-state index in [-0.39, 0.29) is 5.91 Å². The normalized spacial score (nSPS) is 15.4. The minimum Gasteiger partial charge on any atom is -0.264 e. The fourth-order valence-electron chi connectivity index (χ4n) is 0.975. The summed E-state index contributed by atoms with van der Waals surface area (Å²) in [7, 11) is 0. The van der Waals surface area contributed by atoms with Crippen molar-refractivity contribution in [1.29, 1.82) is 0 Å². The summed E-state index contributed by atoms with van der Waals surface area (Å²) in [4.78, 5) is 12.7. The van der Waals surface area contributed by atoms with E-state index in [1.54, 1.807) is 0 Å². The molecule has 0 bridgehead atoms. The van der Waals surface area contributed by atoms with Gasteiger partial charge in [-0.1, -0.05) is 30.0 Å². The molecule has 0 aliphatic carbocycles. The number of benzene rings is 1. The van der Waals surface area contributed by atoms with Crippen LogP contribution in [0.15, 0.2) is 55.4 Å². The second-order valence-electron chi connectivity index (χ2n) is 2.57. The maximum atomic E-state index is 11.2. The Morgan fingerprint density at radius 1 is 1.14 bits per heavy atom. The van der Waals surface area contributed by atoms with Gasteiger partial charge in [0.25, 0.3) is 0 Å². The van der Waals surface area contributed by atoms with Gasteiger partial charge in [-0.2, -0.15) is 0 Å². The maximum absolute atomic E-state index is 11.2. The summed E-state index contributed by atoms with van der Waals surface area (Å²) in [5, 5.41) is 7.40. The molecule has 0 saturated carbocycles. The first-order valence-corrected chi connectivity index (χ1v) is 5.16. The largest absolute Gasteiger partial charge is 0.305 e. The van der Waals surface area contributed by atoms with Gasteiger partial charge in [-0.15, -0.1) is 22.9 Å². The Balaban J connectivity index is 2.21. The number of thioether (sulfide) groups is 1. The second kappa shape index (κ2) is 3.98. The van der Waals surface area contributed by atoms with Gasteiger partial charge >= 0.3 is 5.91 Å². The summed E-state index contributed by atoms with van der Waals surface area (Å²) in [5.74, 6) is -0.316. The van der Waals surface area contributed by atoms with Crippen molar-refractivity contribution < 1.29 is 4.79 Å². The lowest BCUT2D eigenvalue weighted by molar-refractivity contribution is -0.113. The van der Waals surface area contributed by atoms with E-state index in [9.17, 15) is 4.79 Å². The fourth-order valence-corrected chi connectivity index (χ4v) is 2.04. The summed E-state index contributed by atoms with van der Waals surface area (Å²) in [6.07, 6.45) is 0. The Kier molecular flexibility index (Phi) is 2.69. The molecule has 3 nitrogen and oxygen atoms in total. The monoisotopic (exact) mass is 222 g/mol. The standard InChI is InChI=1S/C9H6N2OS2/c12-8-7(9(13)11-10-8)14-6-4-2-1-3-5-6/h1-5,13H. The number of hydrogen-bond acceptors (Lipinski definition) is 4. The van der Waals surface area contributed by atoms with Gasteiger partial charge in [0, 0.05) is 4.90 Å². The molecule has 1 aromatic rings. The van der Waals surface area contributed by atoms with Crippen LogP contribution in [-0.2, 0) is 4.79 Å². The fraction of sp³-hybridized carbons (Fsp3) is 0. The summed E-state index contributed by atoms with van der Waals surface area (Å²) < 4.78 is 0. The Morgan fingerprint density at radius 2 is 1.86 bits per heavy atom. The number of thiol groups is 1. The molecule has 1 amide bonds. The zero-order valence-electron chi connectivity index (χ0n) is 7.04. The van der Waals surface area contributed by atoms with Crippen molar-refractivity contribution in [3.8, 4) is 0 Å². The van der Waals surface area contributed by atoms with Crippen LogP contribution < -0.4 is 0 Å². The molecule has 0 atom stereocenters. The quantitative estimate of drug-likeness (QED) is 0.782. The molecule has 0 saturated heterocycles. The van der Waals surface area contributed by atoms with Crippen molar-refractivity contribution in [2.24, 2.45) is 10.2 Å². The predicted molar refractivity (Wildman–Crippen MR) is 58.2 cm³/mol. The van der Waals surface area contributed by atoms with Crippen LogP contribution in [0.2, 0.25) is 0 Å². The highest BCUT2D eigenvalue weighted by Gasteiger charge is 2.20. The van der Waals surface area contributed by atoms with Crippen molar-refractivity contribution >= 4 is 30.3 Å². The predicted octanol–water partition coefficient (Wildman–Crippen LogP) is 2.87. The van der Waals surface area contributed by atoms with E-state index < -0.39 is 0 Å². The summed E-state index contributed by atoms with van der Waals surface area (Å²) in [6.45, 7) is 0. The molecule has 0 fully saturated rings. The van der Waals surface area contributed by atoms with Crippen LogP contribution in [0, 0.1) is 0 Å². The number of carbonyl (C=O) groups excluding carboxylic acids is 1. The highest BCUT2D eigenvalue weighted by Crippen LogP contribution is 2.34. The summed E-state index contributed by atoms with van der Waals surface area (Å²) in [6, 6.07) is 9.59. The Hall–Kier alpha value is -1.07. The van der Waals surface area contributed by atoms with Gasteiger partial charge in [0.2, 0.25) is 0 Å². The molecular formula is C9H6N2OS2. The van der Waals surface area contributed by atoms with Crippen LogP contribution in [0.1, 0.15) is 0 Å². The van der Waals surface area contributed by atoms with E-state index in [0.717, 1.165) is 4.90 Å². The van der Waals surface area contributed by atoms with Crippen LogP contribution >= 0.6 is 24.4 Å². The Morgan fingerprint density at radius 3 is 2.43 bits per heavy atom. The Labute approximate surface area is 90.7 Å². The third kappa shape index (κ3) is 1.88. The third-order valence-electron chi connectivity index (χ3n) is 1.60. The van der Waals surface area contributed by atoms with Crippen molar-refractivity contribution in [2.75, 3.05) is 0 Å². The molecule has 0 spiro atoms. The molecular weight excluding hydrogens is 216 g/mol.